The van der Waals surface area contributed by atoms with E-state index in [0.29, 0.717) is 17.0 Å². The first kappa shape index (κ1) is 22.6. The zero-order chi connectivity index (χ0) is 23.4. The molecule has 0 aliphatic heterocycles. The van der Waals surface area contributed by atoms with Gasteiger partial charge in [-0.2, -0.15) is 5.26 Å². The van der Waals surface area contributed by atoms with E-state index in [4.69, 9.17) is 4.74 Å². The summed E-state index contributed by atoms with van der Waals surface area (Å²) in [6, 6.07) is 21.7. The molecule has 166 valence electrons. The van der Waals surface area contributed by atoms with Crippen LogP contribution < -0.4 is 4.72 Å². The molecule has 4 rings (SSSR count). The molecular formula is C24H19N3O4S2. The summed E-state index contributed by atoms with van der Waals surface area (Å²) >= 11 is 1.40. The Hall–Kier alpha value is -3.58. The van der Waals surface area contributed by atoms with E-state index in [0.717, 1.165) is 15.8 Å². The summed E-state index contributed by atoms with van der Waals surface area (Å²) in [5, 5.41) is 9.83. The molecule has 33 heavy (non-hydrogen) atoms. The predicted octanol–water partition coefficient (Wildman–Crippen LogP) is 4.22. The minimum Gasteiger partial charge on any atom is -0.465 e. The molecule has 0 radical (unpaired) electrons. The summed E-state index contributed by atoms with van der Waals surface area (Å²) in [6.07, 6.45) is 0.297. The van der Waals surface area contributed by atoms with E-state index in [1.165, 1.54) is 42.7 Å². The van der Waals surface area contributed by atoms with Crippen molar-refractivity contribution in [1.29, 1.82) is 5.26 Å². The van der Waals surface area contributed by atoms with E-state index in [9.17, 15) is 18.5 Å². The largest absolute Gasteiger partial charge is 0.465 e. The van der Waals surface area contributed by atoms with Crippen LogP contribution in [0.2, 0.25) is 0 Å². The summed E-state index contributed by atoms with van der Waals surface area (Å²) in [5.74, 6) is -0.622. The van der Waals surface area contributed by atoms with Crippen molar-refractivity contribution in [2.24, 2.45) is 0 Å². The number of hydrogen-bond acceptors (Lipinski definition) is 7. The van der Waals surface area contributed by atoms with Crippen LogP contribution in [-0.4, -0.2) is 26.5 Å². The number of thiazole rings is 1. The Labute approximate surface area is 195 Å². The number of rotatable bonds is 7. The Morgan fingerprint density at radius 2 is 1.91 bits per heavy atom. The second-order valence-corrected chi connectivity index (χ2v) is 10.0. The molecule has 3 aromatic carbocycles. The van der Waals surface area contributed by atoms with Gasteiger partial charge >= 0.3 is 5.97 Å². The minimum absolute atomic E-state index is 0.0534. The Bertz CT molecular complexity index is 1440. The number of ether oxygens (including phenoxy) is 1. The molecule has 1 heterocycles. The maximum absolute atomic E-state index is 13.3. The molecule has 0 bridgehead atoms. The highest BCUT2D eigenvalue weighted by atomic mass is 32.2. The van der Waals surface area contributed by atoms with Crippen molar-refractivity contribution in [3.05, 3.63) is 94.5 Å². The van der Waals surface area contributed by atoms with Gasteiger partial charge in [-0.15, -0.1) is 11.3 Å². The van der Waals surface area contributed by atoms with Gasteiger partial charge in [0.15, 0.2) is 0 Å². The lowest BCUT2D eigenvalue weighted by atomic mass is 10.0. The number of methoxy groups -OCH3 is 1. The molecule has 7 nitrogen and oxygen atoms in total. The lowest BCUT2D eigenvalue weighted by molar-refractivity contribution is 0.0600. The van der Waals surface area contributed by atoms with Gasteiger partial charge in [0, 0.05) is 0 Å². The number of sulfonamides is 1. The topological polar surface area (TPSA) is 109 Å². The van der Waals surface area contributed by atoms with Crippen molar-refractivity contribution < 1.29 is 17.9 Å². The number of nitrogens with one attached hydrogen (secondary N) is 1. The fourth-order valence-electron chi connectivity index (χ4n) is 3.39. The molecule has 0 spiro atoms. The van der Waals surface area contributed by atoms with E-state index < -0.39 is 22.0 Å². The van der Waals surface area contributed by atoms with Crippen LogP contribution in [0.15, 0.2) is 77.7 Å². The van der Waals surface area contributed by atoms with E-state index in [-0.39, 0.29) is 10.5 Å². The van der Waals surface area contributed by atoms with E-state index in [2.05, 4.69) is 15.8 Å². The summed E-state index contributed by atoms with van der Waals surface area (Å²) < 4.78 is 34.9. The predicted molar refractivity (Wildman–Crippen MR) is 125 cm³/mol. The van der Waals surface area contributed by atoms with Crippen LogP contribution >= 0.6 is 11.3 Å². The summed E-state index contributed by atoms with van der Waals surface area (Å²) in [7, 11) is -2.76. The SMILES string of the molecule is COC(=O)c1cccc(S(=O)(=O)NC(Cc2cccc(C#N)c2)c2nc3ccccc3s2)c1. The maximum atomic E-state index is 13.3. The molecule has 0 saturated heterocycles. The molecule has 0 amide bonds. The van der Waals surface area contributed by atoms with Gasteiger partial charge in [-0.25, -0.2) is 22.9 Å². The molecule has 4 aromatic rings. The van der Waals surface area contributed by atoms with Crippen LogP contribution in [0.3, 0.4) is 0 Å². The van der Waals surface area contributed by atoms with Gasteiger partial charge in [-0.1, -0.05) is 30.3 Å². The standard InChI is InChI=1S/C24H19N3O4S2/c1-31-24(28)18-8-5-9-19(14-18)33(29,30)27-21(13-16-6-4-7-17(12-16)15-25)23-26-20-10-2-3-11-22(20)32-23/h2-12,14,21,27H,13H2,1H3. The molecule has 0 saturated carbocycles. The average molecular weight is 478 g/mol. The van der Waals surface area contributed by atoms with Gasteiger partial charge in [-0.3, -0.25) is 0 Å². The average Bonchev–Trinajstić information content (AvgIpc) is 3.27. The first-order chi connectivity index (χ1) is 15.9. The van der Waals surface area contributed by atoms with E-state index in [1.54, 1.807) is 18.2 Å². The molecule has 1 N–H and O–H groups in total. The smallest absolute Gasteiger partial charge is 0.337 e. The quantitative estimate of drug-likeness (QED) is 0.399. The lowest BCUT2D eigenvalue weighted by Gasteiger charge is -2.17. The highest BCUT2D eigenvalue weighted by Gasteiger charge is 2.25. The third kappa shape index (κ3) is 5.09. The summed E-state index contributed by atoms with van der Waals surface area (Å²) in [4.78, 5) is 16.5. The van der Waals surface area contributed by atoms with Gasteiger partial charge in [0.1, 0.15) is 5.01 Å². The first-order valence-corrected chi connectivity index (χ1v) is 12.2. The number of fused-ring (bicyclic) bond motifs is 1. The molecular weight excluding hydrogens is 458 g/mol. The lowest BCUT2D eigenvalue weighted by Crippen LogP contribution is -2.30. The van der Waals surface area contributed by atoms with Crippen molar-refractivity contribution in [3.8, 4) is 6.07 Å². The van der Waals surface area contributed by atoms with Gasteiger partial charge < -0.3 is 4.74 Å². The normalized spacial score (nSPS) is 12.2. The van der Waals surface area contributed by atoms with Gasteiger partial charge in [0.25, 0.3) is 0 Å². The number of hydrogen-bond donors (Lipinski definition) is 1. The Kier molecular flexibility index (Phi) is 6.51. The van der Waals surface area contributed by atoms with Crippen LogP contribution in [0.5, 0.6) is 0 Å². The maximum Gasteiger partial charge on any atom is 0.337 e. The van der Waals surface area contributed by atoms with Crippen LogP contribution in [0, 0.1) is 11.3 Å². The van der Waals surface area contributed by atoms with Gasteiger partial charge in [0.2, 0.25) is 10.0 Å². The van der Waals surface area contributed by atoms with E-state index >= 15 is 0 Å². The number of carbonyl (C=O) groups excluding carboxylic acids is 1. The third-order valence-corrected chi connectivity index (χ3v) is 7.59. The van der Waals surface area contributed by atoms with Crippen molar-refractivity contribution >= 4 is 37.5 Å². The molecule has 1 atom stereocenters. The van der Waals surface area contributed by atoms with Crippen molar-refractivity contribution in [3.63, 3.8) is 0 Å². The Balaban J connectivity index is 1.72. The monoisotopic (exact) mass is 477 g/mol. The number of esters is 1. The third-order valence-electron chi connectivity index (χ3n) is 4.97. The molecule has 1 unspecified atom stereocenters. The zero-order valence-corrected chi connectivity index (χ0v) is 19.2. The first-order valence-electron chi connectivity index (χ1n) is 9.95. The molecule has 0 aliphatic carbocycles. The van der Waals surface area contributed by atoms with Gasteiger partial charge in [0.05, 0.1) is 45.5 Å². The summed E-state index contributed by atoms with van der Waals surface area (Å²) in [5.41, 5.74) is 2.20. The Morgan fingerprint density at radius 3 is 2.67 bits per heavy atom. The van der Waals surface area contributed by atoms with Gasteiger partial charge in [-0.05, 0) is 54.4 Å². The molecule has 1 aromatic heterocycles. The minimum atomic E-state index is -4.00. The van der Waals surface area contributed by atoms with Crippen molar-refractivity contribution in [2.45, 2.75) is 17.4 Å². The Morgan fingerprint density at radius 1 is 1.12 bits per heavy atom. The molecule has 0 aliphatic rings. The number of nitrogens with zero attached hydrogens (tertiary/aromatic N) is 2. The highest BCUT2D eigenvalue weighted by molar-refractivity contribution is 7.89. The number of benzene rings is 3. The second-order valence-electron chi connectivity index (χ2n) is 7.23. The number of para-hydroxylation sites is 1. The molecule has 9 heteroatoms. The second kappa shape index (κ2) is 9.50. The zero-order valence-electron chi connectivity index (χ0n) is 17.6. The van der Waals surface area contributed by atoms with Crippen molar-refractivity contribution in [1.82, 2.24) is 9.71 Å². The number of aromatic nitrogens is 1. The fourth-order valence-corrected chi connectivity index (χ4v) is 5.72. The fraction of sp³-hybridized carbons (Fsp3) is 0.125. The number of nitriles is 1. The molecule has 0 fully saturated rings. The van der Waals surface area contributed by atoms with Crippen LogP contribution in [0.4, 0.5) is 0 Å². The van der Waals surface area contributed by atoms with E-state index in [1.807, 2.05) is 30.3 Å². The van der Waals surface area contributed by atoms with Crippen LogP contribution in [0.1, 0.15) is 32.5 Å². The number of carbonyl (C=O) groups is 1. The van der Waals surface area contributed by atoms with Crippen LogP contribution in [0.25, 0.3) is 10.2 Å². The van der Waals surface area contributed by atoms with Crippen molar-refractivity contribution in [2.75, 3.05) is 7.11 Å². The van der Waals surface area contributed by atoms with Crippen LogP contribution in [-0.2, 0) is 21.2 Å². The summed E-state index contributed by atoms with van der Waals surface area (Å²) in [6.45, 7) is 0. The highest BCUT2D eigenvalue weighted by Crippen LogP contribution is 2.30.